The third-order valence-corrected chi connectivity index (χ3v) is 10.5. The first kappa shape index (κ1) is 56.7. The van der Waals surface area contributed by atoms with E-state index >= 15 is 0 Å². The van der Waals surface area contributed by atoms with Crippen molar-refractivity contribution in [3.8, 4) is 0 Å². The third kappa shape index (κ3) is 46.6. The Labute approximate surface area is 363 Å². The second kappa shape index (κ2) is 42.4. The molecule has 0 amide bonds. The van der Waals surface area contributed by atoms with Gasteiger partial charge in [-0.15, -0.1) is 0 Å². The van der Waals surface area contributed by atoms with Crippen LogP contribution in [0, 0.1) is 0 Å². The Hall–Kier alpha value is -2.32. The number of nitrogens with zero attached hydrogens (tertiary/aromatic N) is 1. The smallest absolute Gasteiger partial charge is 0.457 e. The van der Waals surface area contributed by atoms with Crippen LogP contribution in [-0.2, 0) is 27.9 Å². The Kier molecular flexibility index (Phi) is 40.7. The zero-order valence-corrected chi connectivity index (χ0v) is 39.4. The van der Waals surface area contributed by atoms with Crippen LogP contribution in [0.2, 0.25) is 0 Å². The third-order valence-electron chi connectivity index (χ3n) is 9.47. The van der Waals surface area contributed by atoms with Crippen molar-refractivity contribution in [1.29, 1.82) is 0 Å². The molecule has 340 valence electrons. The summed E-state index contributed by atoms with van der Waals surface area (Å²) in [5, 5.41) is 0. The summed E-state index contributed by atoms with van der Waals surface area (Å²) in [6, 6.07) is 0. The molecule has 0 saturated carbocycles. The highest BCUT2D eigenvalue weighted by molar-refractivity contribution is 7.47. The van der Waals surface area contributed by atoms with Gasteiger partial charge in [-0.1, -0.05) is 176 Å². The molecule has 0 aliphatic heterocycles. The van der Waals surface area contributed by atoms with E-state index in [4.69, 9.17) is 18.5 Å². The summed E-state index contributed by atoms with van der Waals surface area (Å²) in [5.74, 6) is -0.332. The number of unbranched alkanes of at least 4 members (excludes halogenated alkanes) is 14. The number of carbonyl (C=O) groups is 1. The number of ether oxygens (including phenoxy) is 2. The van der Waals surface area contributed by atoms with Gasteiger partial charge in [0.15, 0.2) is 0 Å². The van der Waals surface area contributed by atoms with Crippen LogP contribution in [0.25, 0.3) is 0 Å². The summed E-state index contributed by atoms with van der Waals surface area (Å²) >= 11 is 0. The van der Waals surface area contributed by atoms with E-state index in [2.05, 4.69) is 98.9 Å². The van der Waals surface area contributed by atoms with Crippen LogP contribution >= 0.6 is 7.82 Å². The molecule has 0 spiro atoms. The molecule has 0 aromatic heterocycles. The number of phosphoric ester groups is 1. The maximum atomic E-state index is 12.7. The predicted octanol–water partition coefficient (Wildman–Crippen LogP) is 14.1. The molecule has 0 rings (SSSR count). The highest BCUT2D eigenvalue weighted by Crippen LogP contribution is 2.43. The quantitative estimate of drug-likeness (QED) is 0.0215. The summed E-state index contributed by atoms with van der Waals surface area (Å²) < 4.78 is 35.0. The van der Waals surface area contributed by atoms with Crippen molar-refractivity contribution in [1.82, 2.24) is 0 Å². The van der Waals surface area contributed by atoms with Crippen LogP contribution in [0.3, 0.4) is 0 Å². The Balaban J connectivity index is 4.29. The minimum atomic E-state index is -4.29. The first-order valence-electron chi connectivity index (χ1n) is 23.3. The molecule has 8 nitrogen and oxygen atoms in total. The van der Waals surface area contributed by atoms with Crippen molar-refractivity contribution in [3.63, 3.8) is 0 Å². The summed E-state index contributed by atoms with van der Waals surface area (Å²) in [4.78, 5) is 22.9. The average molecular weight is 847 g/mol. The van der Waals surface area contributed by atoms with Crippen LogP contribution in [0.5, 0.6) is 0 Å². The first-order valence-corrected chi connectivity index (χ1v) is 24.8. The van der Waals surface area contributed by atoms with E-state index in [9.17, 15) is 14.3 Å². The number of hydrogen-bond donors (Lipinski definition) is 1. The number of carbonyl (C=O) groups excluding carboxylic acids is 1. The summed E-state index contributed by atoms with van der Waals surface area (Å²) in [7, 11) is 1.63. The van der Waals surface area contributed by atoms with Gasteiger partial charge in [-0.05, 0) is 70.6 Å². The molecular formula is C50H89NO7P+. The monoisotopic (exact) mass is 847 g/mol. The highest BCUT2D eigenvalue weighted by Gasteiger charge is 2.26. The second-order valence-electron chi connectivity index (χ2n) is 16.4. The van der Waals surface area contributed by atoms with Crippen LogP contribution in [0.15, 0.2) is 85.1 Å². The molecule has 0 aliphatic rings. The number of likely N-dealkylation sites (N-methyl/N-ethyl adjacent to an activating group) is 1. The van der Waals surface area contributed by atoms with E-state index in [0.29, 0.717) is 24.1 Å². The molecule has 0 saturated heterocycles. The standard InChI is InChI=1S/C50H88NO7P/c1-6-8-10-12-14-16-18-20-21-22-23-24-25-26-27-28-29-30-32-34-36-38-40-42-45-55-47-49(48-57-59(53,54)56-46-44-51(3,4)5)58-50(52)43-41-39-37-35-33-31-19-17-15-13-11-9-7-2/h8,10,14,16,20-21,23-24,26-27,29-30,34,36,49H,6-7,9,11-13,15,17-19,22,25,28,31-33,35,37-48H2,1-5H3/p+1/b10-8-,16-14-,21-20-,24-23-,27-26-,30-29-,36-34-. The van der Waals surface area contributed by atoms with Crippen LogP contribution in [0.4, 0.5) is 0 Å². The Morgan fingerprint density at radius 1 is 0.542 bits per heavy atom. The molecule has 0 heterocycles. The van der Waals surface area contributed by atoms with Gasteiger partial charge in [0.2, 0.25) is 0 Å². The zero-order chi connectivity index (χ0) is 43.4. The van der Waals surface area contributed by atoms with Crippen molar-refractivity contribution < 1.29 is 37.3 Å². The molecular weight excluding hydrogens is 758 g/mol. The van der Waals surface area contributed by atoms with E-state index in [1.54, 1.807) is 0 Å². The number of allylic oxidation sites excluding steroid dienone is 14. The van der Waals surface area contributed by atoms with Gasteiger partial charge >= 0.3 is 13.8 Å². The Morgan fingerprint density at radius 3 is 1.44 bits per heavy atom. The van der Waals surface area contributed by atoms with Crippen LogP contribution < -0.4 is 0 Å². The number of esters is 1. The summed E-state index contributed by atoms with van der Waals surface area (Å²) in [6.07, 6.45) is 56.3. The molecule has 0 fully saturated rings. The Morgan fingerprint density at radius 2 is 0.983 bits per heavy atom. The average Bonchev–Trinajstić information content (AvgIpc) is 3.19. The van der Waals surface area contributed by atoms with Crippen molar-refractivity contribution in [3.05, 3.63) is 85.1 Å². The van der Waals surface area contributed by atoms with E-state index in [0.717, 1.165) is 83.5 Å². The maximum Gasteiger partial charge on any atom is 0.472 e. The fourth-order valence-electron chi connectivity index (χ4n) is 5.88. The SMILES string of the molecule is CC/C=C\C/C=C\C/C=C\C/C=C\C/C=C\C/C=C\C/C=C\CCCCOCC(COP(=O)(O)OCC[N+](C)(C)C)OC(=O)CCCCCCCCCCCCCCC. The second-order valence-corrected chi connectivity index (χ2v) is 17.9. The number of phosphoric acid groups is 1. The topological polar surface area (TPSA) is 91.3 Å². The predicted molar refractivity (Wildman–Crippen MR) is 251 cm³/mol. The summed E-state index contributed by atoms with van der Waals surface area (Å²) in [5.41, 5.74) is 0. The fraction of sp³-hybridized carbons (Fsp3) is 0.700. The molecule has 2 atom stereocenters. The number of hydrogen-bond acceptors (Lipinski definition) is 6. The van der Waals surface area contributed by atoms with E-state index in [1.165, 1.54) is 64.2 Å². The van der Waals surface area contributed by atoms with Gasteiger partial charge in [0.1, 0.15) is 19.3 Å². The van der Waals surface area contributed by atoms with Crippen molar-refractivity contribution in [2.75, 3.05) is 54.1 Å². The van der Waals surface area contributed by atoms with Gasteiger partial charge in [-0.25, -0.2) is 4.57 Å². The molecule has 0 bridgehead atoms. The van der Waals surface area contributed by atoms with Gasteiger partial charge in [0.25, 0.3) is 0 Å². The van der Waals surface area contributed by atoms with Crippen molar-refractivity contribution >= 4 is 13.8 Å². The largest absolute Gasteiger partial charge is 0.472 e. The normalized spacial score (nSPS) is 14.5. The molecule has 0 aliphatic carbocycles. The van der Waals surface area contributed by atoms with Crippen LogP contribution in [-0.4, -0.2) is 75.6 Å². The molecule has 0 radical (unpaired) electrons. The number of rotatable bonds is 42. The molecule has 59 heavy (non-hydrogen) atoms. The van der Waals surface area contributed by atoms with Gasteiger partial charge in [0.05, 0.1) is 34.4 Å². The van der Waals surface area contributed by atoms with Crippen molar-refractivity contribution in [2.24, 2.45) is 0 Å². The molecule has 9 heteroatoms. The highest BCUT2D eigenvalue weighted by atomic mass is 31.2. The van der Waals surface area contributed by atoms with Gasteiger partial charge in [-0.2, -0.15) is 0 Å². The molecule has 2 unspecified atom stereocenters. The number of quaternary nitrogens is 1. The summed E-state index contributed by atoms with van der Waals surface area (Å²) in [6.45, 7) is 5.38. The van der Waals surface area contributed by atoms with E-state index in [-0.39, 0.29) is 25.8 Å². The first-order chi connectivity index (χ1) is 28.6. The zero-order valence-electron chi connectivity index (χ0n) is 38.5. The molecule has 1 N–H and O–H groups in total. The lowest BCUT2D eigenvalue weighted by Crippen LogP contribution is -2.37. The van der Waals surface area contributed by atoms with Crippen LogP contribution in [0.1, 0.15) is 168 Å². The minimum absolute atomic E-state index is 0.0765. The van der Waals surface area contributed by atoms with E-state index < -0.39 is 13.9 Å². The molecule has 0 aromatic carbocycles. The van der Waals surface area contributed by atoms with Crippen molar-refractivity contribution in [2.45, 2.75) is 174 Å². The lowest BCUT2D eigenvalue weighted by atomic mass is 10.0. The minimum Gasteiger partial charge on any atom is -0.457 e. The van der Waals surface area contributed by atoms with Gasteiger partial charge < -0.3 is 18.9 Å². The lowest BCUT2D eigenvalue weighted by molar-refractivity contribution is -0.870. The van der Waals surface area contributed by atoms with Gasteiger partial charge in [0, 0.05) is 13.0 Å². The lowest BCUT2D eigenvalue weighted by Gasteiger charge is -2.24. The maximum absolute atomic E-state index is 12.7. The molecule has 0 aromatic rings. The van der Waals surface area contributed by atoms with Gasteiger partial charge in [-0.3, -0.25) is 13.8 Å². The fourth-order valence-corrected chi connectivity index (χ4v) is 6.63. The van der Waals surface area contributed by atoms with E-state index in [1.807, 2.05) is 21.1 Å². The Bertz CT molecular complexity index is 1210.